The Hall–Kier alpha value is -2.14. The van der Waals surface area contributed by atoms with Crippen LogP contribution in [0.4, 0.5) is 5.69 Å². The third-order valence-electron chi connectivity index (χ3n) is 4.24. The lowest BCUT2D eigenvalue weighted by Gasteiger charge is -2.21. The van der Waals surface area contributed by atoms with E-state index in [9.17, 15) is 9.59 Å². The lowest BCUT2D eigenvalue weighted by molar-refractivity contribution is -0.119. The summed E-state index contributed by atoms with van der Waals surface area (Å²) in [5.41, 5.74) is 2.33. The predicted molar refractivity (Wildman–Crippen MR) is 90.8 cm³/mol. The highest BCUT2D eigenvalue weighted by molar-refractivity contribution is 5.93. The quantitative estimate of drug-likeness (QED) is 0.911. The molecule has 1 amide bonds. The number of aryl methyl sites for hydroxylation is 1. The number of amides is 1. The Morgan fingerprint density at radius 2 is 2.22 bits per heavy atom. The molecule has 3 rings (SSSR count). The third kappa shape index (κ3) is 3.79. The zero-order chi connectivity index (χ0) is 16.2. The molecule has 1 aliphatic heterocycles. The zero-order valence-electron chi connectivity index (χ0n) is 13.4. The summed E-state index contributed by atoms with van der Waals surface area (Å²) < 4.78 is 5.59. The molecule has 1 saturated heterocycles. The molecular formula is C18H22N2O3. The van der Waals surface area contributed by atoms with Crippen molar-refractivity contribution in [2.24, 2.45) is 0 Å². The first-order valence-corrected chi connectivity index (χ1v) is 8.23. The molecule has 0 radical (unpaired) electrons. The topological polar surface area (TPSA) is 71.2 Å². The molecule has 23 heavy (non-hydrogen) atoms. The number of carbonyl (C=O) groups is 1. The van der Waals surface area contributed by atoms with Crippen molar-refractivity contribution >= 4 is 22.5 Å². The number of hydrogen-bond donors (Lipinski definition) is 2. The highest BCUT2D eigenvalue weighted by Crippen LogP contribution is 2.18. The van der Waals surface area contributed by atoms with Gasteiger partial charge in [0.1, 0.15) is 0 Å². The molecule has 5 heteroatoms. The monoisotopic (exact) mass is 314 g/mol. The highest BCUT2D eigenvalue weighted by atomic mass is 16.5. The fourth-order valence-electron chi connectivity index (χ4n) is 2.96. The number of H-pyrrole nitrogens is 1. The van der Waals surface area contributed by atoms with Crippen molar-refractivity contribution in [1.29, 1.82) is 0 Å². The summed E-state index contributed by atoms with van der Waals surface area (Å²) in [7, 11) is 0. The first-order valence-electron chi connectivity index (χ1n) is 8.23. The SMILES string of the molecule is CCc1cc(=O)c2cc(NC(=O)C[C@@H]3CCCCO3)ccc2[nH]1. The van der Waals surface area contributed by atoms with Crippen LogP contribution in [0.5, 0.6) is 0 Å². The number of fused-ring (bicyclic) bond motifs is 1. The van der Waals surface area contributed by atoms with Gasteiger partial charge in [0.25, 0.3) is 0 Å². The number of ether oxygens (including phenoxy) is 1. The van der Waals surface area contributed by atoms with Gasteiger partial charge in [-0.15, -0.1) is 0 Å². The van der Waals surface area contributed by atoms with Crippen molar-refractivity contribution in [1.82, 2.24) is 4.98 Å². The Morgan fingerprint density at radius 3 is 2.96 bits per heavy atom. The Bertz CT molecular complexity index is 760. The van der Waals surface area contributed by atoms with E-state index < -0.39 is 0 Å². The summed E-state index contributed by atoms with van der Waals surface area (Å²) in [5.74, 6) is -0.0714. The van der Waals surface area contributed by atoms with E-state index >= 15 is 0 Å². The number of aromatic nitrogens is 1. The van der Waals surface area contributed by atoms with E-state index in [1.165, 1.54) is 0 Å². The van der Waals surface area contributed by atoms with Crippen LogP contribution in [0.15, 0.2) is 29.1 Å². The molecule has 0 saturated carbocycles. The van der Waals surface area contributed by atoms with Crippen LogP contribution in [0.2, 0.25) is 0 Å². The molecule has 2 aromatic rings. The van der Waals surface area contributed by atoms with E-state index in [0.29, 0.717) is 17.5 Å². The van der Waals surface area contributed by atoms with Crippen molar-refractivity contribution in [2.75, 3.05) is 11.9 Å². The van der Waals surface area contributed by atoms with Gasteiger partial charge < -0.3 is 15.0 Å². The minimum atomic E-state index is -0.0714. The van der Waals surface area contributed by atoms with E-state index in [-0.39, 0.29) is 17.4 Å². The Labute approximate surface area is 135 Å². The average Bonchev–Trinajstić information content (AvgIpc) is 2.56. The molecule has 1 fully saturated rings. The first-order chi connectivity index (χ1) is 11.2. The molecule has 0 spiro atoms. The maximum atomic E-state index is 12.2. The minimum absolute atomic E-state index is 0.0136. The fraction of sp³-hybridized carbons (Fsp3) is 0.444. The normalized spacial score (nSPS) is 18.0. The third-order valence-corrected chi connectivity index (χ3v) is 4.24. The zero-order valence-corrected chi connectivity index (χ0v) is 13.4. The predicted octanol–water partition coefficient (Wildman–Crippen LogP) is 2.99. The molecule has 5 nitrogen and oxygen atoms in total. The van der Waals surface area contributed by atoms with Crippen molar-refractivity contribution < 1.29 is 9.53 Å². The molecule has 0 aliphatic carbocycles. The standard InChI is InChI=1S/C18H22N2O3/c1-2-12-10-17(21)15-9-13(6-7-16(15)19-12)20-18(22)11-14-5-3-4-8-23-14/h6-7,9-10,14H,2-5,8,11H2,1H3,(H,19,21)(H,20,22)/t14-/m0/s1. The molecule has 0 bridgehead atoms. The van der Waals surface area contributed by atoms with Crippen LogP contribution >= 0.6 is 0 Å². The Morgan fingerprint density at radius 1 is 1.35 bits per heavy atom. The molecule has 1 atom stereocenters. The summed E-state index contributed by atoms with van der Waals surface area (Å²) in [5, 5.41) is 3.46. The second-order valence-electron chi connectivity index (χ2n) is 6.01. The van der Waals surface area contributed by atoms with Crippen molar-refractivity contribution in [2.45, 2.75) is 45.1 Å². The average molecular weight is 314 g/mol. The van der Waals surface area contributed by atoms with Gasteiger partial charge in [0, 0.05) is 35.0 Å². The maximum Gasteiger partial charge on any atom is 0.226 e. The van der Waals surface area contributed by atoms with Crippen LogP contribution in [-0.4, -0.2) is 23.6 Å². The van der Waals surface area contributed by atoms with Gasteiger partial charge in [-0.1, -0.05) is 6.92 Å². The minimum Gasteiger partial charge on any atom is -0.378 e. The Balaban J connectivity index is 1.74. The molecule has 1 aliphatic rings. The molecular weight excluding hydrogens is 292 g/mol. The first kappa shape index (κ1) is 15.7. The van der Waals surface area contributed by atoms with Crippen LogP contribution in [0.3, 0.4) is 0 Å². The number of hydrogen-bond acceptors (Lipinski definition) is 3. The van der Waals surface area contributed by atoms with Crippen LogP contribution in [0.1, 0.15) is 38.3 Å². The highest BCUT2D eigenvalue weighted by Gasteiger charge is 2.17. The largest absolute Gasteiger partial charge is 0.378 e. The van der Waals surface area contributed by atoms with Crippen LogP contribution < -0.4 is 10.7 Å². The van der Waals surface area contributed by atoms with E-state index in [0.717, 1.165) is 43.5 Å². The van der Waals surface area contributed by atoms with Crippen LogP contribution in [0.25, 0.3) is 10.9 Å². The number of carbonyl (C=O) groups excluding carboxylic acids is 1. The summed E-state index contributed by atoms with van der Waals surface area (Å²) in [6.45, 7) is 2.74. The lowest BCUT2D eigenvalue weighted by Crippen LogP contribution is -2.25. The Kier molecular flexibility index (Phi) is 4.76. The van der Waals surface area contributed by atoms with E-state index in [1.54, 1.807) is 12.1 Å². The van der Waals surface area contributed by atoms with Gasteiger partial charge in [-0.25, -0.2) is 0 Å². The van der Waals surface area contributed by atoms with E-state index in [1.807, 2.05) is 19.1 Å². The maximum absolute atomic E-state index is 12.2. The van der Waals surface area contributed by atoms with Crippen LogP contribution in [0, 0.1) is 0 Å². The summed E-state index contributed by atoms with van der Waals surface area (Å²) in [6, 6.07) is 7.00. The second-order valence-corrected chi connectivity index (χ2v) is 6.01. The van der Waals surface area contributed by atoms with E-state index in [2.05, 4.69) is 10.3 Å². The summed E-state index contributed by atoms with van der Waals surface area (Å²) in [6.07, 6.45) is 4.28. The van der Waals surface area contributed by atoms with Gasteiger partial charge in [0.15, 0.2) is 5.43 Å². The molecule has 2 N–H and O–H groups in total. The van der Waals surface area contributed by atoms with Gasteiger partial charge in [0.2, 0.25) is 5.91 Å². The lowest BCUT2D eigenvalue weighted by atomic mass is 10.1. The number of pyridine rings is 1. The molecule has 2 heterocycles. The van der Waals surface area contributed by atoms with Crippen LogP contribution in [-0.2, 0) is 16.0 Å². The number of rotatable bonds is 4. The summed E-state index contributed by atoms with van der Waals surface area (Å²) >= 11 is 0. The summed E-state index contributed by atoms with van der Waals surface area (Å²) in [4.78, 5) is 27.5. The van der Waals surface area contributed by atoms with Gasteiger partial charge in [-0.05, 0) is 43.9 Å². The number of nitrogens with one attached hydrogen (secondary N) is 2. The molecule has 0 unspecified atom stereocenters. The smallest absolute Gasteiger partial charge is 0.226 e. The van der Waals surface area contributed by atoms with Crippen molar-refractivity contribution in [3.63, 3.8) is 0 Å². The van der Waals surface area contributed by atoms with Gasteiger partial charge in [0.05, 0.1) is 12.5 Å². The number of anilines is 1. The van der Waals surface area contributed by atoms with Gasteiger partial charge in [-0.2, -0.15) is 0 Å². The molecule has 122 valence electrons. The van der Waals surface area contributed by atoms with Crippen molar-refractivity contribution in [3.05, 3.63) is 40.2 Å². The van der Waals surface area contributed by atoms with Gasteiger partial charge in [-0.3, -0.25) is 9.59 Å². The van der Waals surface area contributed by atoms with Crippen molar-refractivity contribution in [3.8, 4) is 0 Å². The number of aromatic amines is 1. The molecule has 1 aromatic heterocycles. The fourth-order valence-corrected chi connectivity index (χ4v) is 2.96. The molecule has 1 aromatic carbocycles. The second kappa shape index (κ2) is 6.96. The number of benzene rings is 1. The van der Waals surface area contributed by atoms with Gasteiger partial charge >= 0.3 is 0 Å². The van der Waals surface area contributed by atoms with E-state index in [4.69, 9.17) is 4.74 Å².